The van der Waals surface area contributed by atoms with Gasteiger partial charge in [-0.15, -0.1) is 0 Å². The molecule has 0 spiro atoms. The number of carboxylic acids is 1. The first-order chi connectivity index (χ1) is 16.1. The van der Waals surface area contributed by atoms with Crippen LogP contribution in [0.2, 0.25) is 0 Å². The van der Waals surface area contributed by atoms with E-state index in [-0.39, 0.29) is 11.1 Å². The highest BCUT2D eigenvalue weighted by Crippen LogP contribution is 2.21. The van der Waals surface area contributed by atoms with Crippen LogP contribution in [0, 0.1) is 11.8 Å². The molecule has 0 unspecified atom stereocenters. The minimum absolute atomic E-state index is 0.152. The zero-order valence-electron chi connectivity index (χ0n) is 17.9. The molecule has 0 saturated heterocycles. The van der Waals surface area contributed by atoms with Crippen LogP contribution >= 0.6 is 0 Å². The molecule has 0 aliphatic carbocycles. The number of aromatic nitrogens is 2. The average molecular weight is 435 g/mol. The molecule has 0 radical (unpaired) electrons. The third kappa shape index (κ3) is 4.40. The highest BCUT2D eigenvalue weighted by atomic mass is 16.4. The van der Waals surface area contributed by atoms with Crippen molar-refractivity contribution in [2.24, 2.45) is 0 Å². The largest absolute Gasteiger partial charge is 0.478 e. The summed E-state index contributed by atoms with van der Waals surface area (Å²) in [4.78, 5) is 30.8. The van der Waals surface area contributed by atoms with Crippen molar-refractivity contribution in [3.05, 3.63) is 111 Å². The van der Waals surface area contributed by atoms with E-state index in [4.69, 9.17) is 5.11 Å². The minimum Gasteiger partial charge on any atom is -0.478 e. The molecule has 5 rings (SSSR count). The van der Waals surface area contributed by atoms with E-state index in [9.17, 15) is 9.59 Å². The average Bonchev–Trinajstić information content (AvgIpc) is 3.24. The monoisotopic (exact) mass is 435 g/mol. The van der Waals surface area contributed by atoms with Gasteiger partial charge in [0.05, 0.1) is 35.9 Å². The Morgan fingerprint density at radius 1 is 1.00 bits per heavy atom. The first kappa shape index (κ1) is 20.7. The molecule has 162 valence electrons. The third-order valence-electron chi connectivity index (χ3n) is 5.82. The molecule has 33 heavy (non-hydrogen) atoms. The van der Waals surface area contributed by atoms with Crippen LogP contribution < -0.4 is 5.56 Å². The predicted octanol–water partition coefficient (Wildman–Crippen LogP) is 3.51. The van der Waals surface area contributed by atoms with Gasteiger partial charge in [-0.3, -0.25) is 14.3 Å². The molecule has 1 aliphatic rings. The fraction of sp³-hybridized carbons (Fsp3) is 0.148. The summed E-state index contributed by atoms with van der Waals surface area (Å²) in [6, 6.07) is 20.4. The van der Waals surface area contributed by atoms with Gasteiger partial charge in [-0.2, -0.15) is 0 Å². The van der Waals surface area contributed by atoms with Crippen LogP contribution in [-0.2, 0) is 19.6 Å². The van der Waals surface area contributed by atoms with E-state index in [1.165, 1.54) is 34.2 Å². The molecule has 0 saturated carbocycles. The van der Waals surface area contributed by atoms with Crippen molar-refractivity contribution < 1.29 is 9.90 Å². The Morgan fingerprint density at radius 2 is 1.73 bits per heavy atom. The molecule has 6 nitrogen and oxygen atoms in total. The van der Waals surface area contributed by atoms with Crippen LogP contribution in [0.1, 0.15) is 32.6 Å². The molecule has 1 N–H and O–H groups in total. The molecule has 3 aromatic carbocycles. The fourth-order valence-electron chi connectivity index (χ4n) is 4.07. The molecule has 4 aromatic rings. The number of aromatic carboxylic acids is 1. The molecule has 1 aromatic heterocycles. The van der Waals surface area contributed by atoms with Crippen LogP contribution in [0.3, 0.4) is 0 Å². The predicted molar refractivity (Wildman–Crippen MR) is 126 cm³/mol. The summed E-state index contributed by atoms with van der Waals surface area (Å²) < 4.78 is 1.52. The molecule has 0 fully saturated rings. The molecule has 6 heteroatoms. The van der Waals surface area contributed by atoms with E-state index < -0.39 is 5.97 Å². The summed E-state index contributed by atoms with van der Waals surface area (Å²) in [6.45, 7) is 2.79. The molecule has 1 aliphatic heterocycles. The number of hydrogen-bond donors (Lipinski definition) is 1. The van der Waals surface area contributed by atoms with Crippen LogP contribution in [0.15, 0.2) is 77.9 Å². The topological polar surface area (TPSA) is 75.4 Å². The Kier molecular flexibility index (Phi) is 5.47. The molecular weight excluding hydrogens is 414 g/mol. The first-order valence-corrected chi connectivity index (χ1v) is 10.7. The number of benzene rings is 3. The lowest BCUT2D eigenvalue weighted by atomic mass is 10.1. The lowest BCUT2D eigenvalue weighted by Crippen LogP contribution is -2.21. The van der Waals surface area contributed by atoms with Crippen molar-refractivity contribution in [1.82, 2.24) is 14.5 Å². The van der Waals surface area contributed by atoms with Crippen LogP contribution in [-0.4, -0.2) is 32.1 Å². The summed E-state index contributed by atoms with van der Waals surface area (Å²) in [5.41, 5.74) is 5.00. The van der Waals surface area contributed by atoms with Gasteiger partial charge < -0.3 is 5.11 Å². The molecule has 0 amide bonds. The Balaban J connectivity index is 1.34. The van der Waals surface area contributed by atoms with Crippen molar-refractivity contribution in [2.75, 3.05) is 6.54 Å². The quantitative estimate of drug-likeness (QED) is 0.497. The van der Waals surface area contributed by atoms with Crippen molar-refractivity contribution in [2.45, 2.75) is 19.6 Å². The normalized spacial score (nSPS) is 12.8. The number of hydrogen-bond acceptors (Lipinski definition) is 4. The highest BCUT2D eigenvalue weighted by Gasteiger charge is 2.16. The van der Waals surface area contributed by atoms with Gasteiger partial charge in [-0.25, -0.2) is 9.78 Å². The van der Waals surface area contributed by atoms with Crippen molar-refractivity contribution in [3.63, 3.8) is 0 Å². The van der Waals surface area contributed by atoms with Gasteiger partial charge in [0.1, 0.15) is 0 Å². The van der Waals surface area contributed by atoms with E-state index in [0.717, 1.165) is 24.2 Å². The Hall–Kier alpha value is -4.21. The molecule has 0 bridgehead atoms. The summed E-state index contributed by atoms with van der Waals surface area (Å²) in [5, 5.41) is 9.55. The summed E-state index contributed by atoms with van der Waals surface area (Å²) >= 11 is 0. The minimum atomic E-state index is -0.978. The van der Waals surface area contributed by atoms with E-state index in [2.05, 4.69) is 46.0 Å². The number of fused-ring (bicyclic) bond motifs is 2. The summed E-state index contributed by atoms with van der Waals surface area (Å²) in [5.74, 6) is 5.43. The van der Waals surface area contributed by atoms with Crippen LogP contribution in [0.25, 0.3) is 10.9 Å². The fourth-order valence-corrected chi connectivity index (χ4v) is 4.07. The second-order valence-corrected chi connectivity index (χ2v) is 8.13. The first-order valence-electron chi connectivity index (χ1n) is 10.7. The van der Waals surface area contributed by atoms with Crippen molar-refractivity contribution >= 4 is 16.9 Å². The lowest BCUT2D eigenvalue weighted by Gasteiger charge is -2.09. The Bertz CT molecular complexity index is 1450. The van der Waals surface area contributed by atoms with Crippen molar-refractivity contribution in [1.29, 1.82) is 0 Å². The van der Waals surface area contributed by atoms with Gasteiger partial charge in [0.2, 0.25) is 0 Å². The highest BCUT2D eigenvalue weighted by molar-refractivity contribution is 5.87. The van der Waals surface area contributed by atoms with Crippen molar-refractivity contribution in [3.8, 4) is 11.8 Å². The molecule has 0 atom stereocenters. The van der Waals surface area contributed by atoms with Crippen LogP contribution in [0.4, 0.5) is 0 Å². The second kappa shape index (κ2) is 8.73. The maximum atomic E-state index is 13.0. The number of carbonyl (C=O) groups is 1. The number of nitrogens with zero attached hydrogens (tertiary/aromatic N) is 3. The zero-order chi connectivity index (χ0) is 22.8. The van der Waals surface area contributed by atoms with Gasteiger partial charge in [0.25, 0.3) is 5.56 Å². The summed E-state index contributed by atoms with van der Waals surface area (Å²) in [6.07, 6.45) is 1.52. The van der Waals surface area contributed by atoms with E-state index >= 15 is 0 Å². The number of rotatable bonds is 4. The second-order valence-electron chi connectivity index (χ2n) is 8.13. The van der Waals surface area contributed by atoms with Gasteiger partial charge in [0.15, 0.2) is 0 Å². The molecular formula is C27H21N3O3. The maximum Gasteiger partial charge on any atom is 0.335 e. The van der Waals surface area contributed by atoms with Gasteiger partial charge in [0, 0.05) is 18.7 Å². The SMILES string of the molecule is O=C(O)c1ccc(Cn2cnc3ccc(C#CCN4Cc5ccccc5C4)cc3c2=O)cc1. The third-order valence-corrected chi connectivity index (χ3v) is 5.82. The zero-order valence-corrected chi connectivity index (χ0v) is 17.9. The lowest BCUT2D eigenvalue weighted by molar-refractivity contribution is 0.0697. The van der Waals surface area contributed by atoms with E-state index in [1.54, 1.807) is 18.2 Å². The Morgan fingerprint density at radius 3 is 2.42 bits per heavy atom. The molecule has 2 heterocycles. The van der Waals surface area contributed by atoms with Gasteiger partial charge in [-0.05, 0) is 47.0 Å². The van der Waals surface area contributed by atoms with E-state index in [1.807, 2.05) is 12.1 Å². The van der Waals surface area contributed by atoms with E-state index in [0.29, 0.717) is 24.0 Å². The van der Waals surface area contributed by atoms with Crippen LogP contribution in [0.5, 0.6) is 0 Å². The summed E-state index contributed by atoms with van der Waals surface area (Å²) in [7, 11) is 0. The standard InChI is InChI=1S/C27H21N3O3/c31-26-24-14-19(4-3-13-29-16-22-5-1-2-6-23(22)17-29)9-12-25(24)28-18-30(26)15-20-7-10-21(11-8-20)27(32)33/h1-2,5-12,14,18H,13,15-17H2,(H,32,33). The number of carboxylic acid groups (broad SMARTS) is 1. The van der Waals surface area contributed by atoms with Gasteiger partial charge >= 0.3 is 5.97 Å². The smallest absolute Gasteiger partial charge is 0.335 e. The van der Waals surface area contributed by atoms with Gasteiger partial charge in [-0.1, -0.05) is 48.2 Å². The maximum absolute atomic E-state index is 13.0. The Labute approximate surface area is 190 Å².